The monoisotopic (exact) mass is 380 g/mol. The van der Waals surface area contributed by atoms with Crippen molar-refractivity contribution in [3.63, 3.8) is 0 Å². The summed E-state index contributed by atoms with van der Waals surface area (Å²) >= 11 is 0. The van der Waals surface area contributed by atoms with Crippen molar-refractivity contribution < 1.29 is 29.3 Å². The van der Waals surface area contributed by atoms with Gasteiger partial charge in [0.05, 0.1) is 29.3 Å². The van der Waals surface area contributed by atoms with Crippen molar-refractivity contribution in [2.45, 2.75) is 90.1 Å². The van der Waals surface area contributed by atoms with Crippen molar-refractivity contribution in [2.24, 2.45) is 17.8 Å². The number of carbonyl (C=O) groups is 2. The first-order valence-electron chi connectivity index (χ1n) is 10.2. The molecule has 4 rings (SSSR count). The minimum Gasteiger partial charge on any atom is -0.511 e. The van der Waals surface area contributed by atoms with E-state index in [0.717, 1.165) is 6.42 Å². The van der Waals surface area contributed by atoms with Gasteiger partial charge in [-0.2, -0.15) is 0 Å². The molecule has 6 nitrogen and oxygen atoms in total. The molecule has 0 aromatic heterocycles. The van der Waals surface area contributed by atoms with E-state index < -0.39 is 23.8 Å². The summed E-state index contributed by atoms with van der Waals surface area (Å²) in [5.74, 6) is -1.08. The maximum atomic E-state index is 12.7. The Morgan fingerprint density at radius 3 is 2.63 bits per heavy atom. The minimum atomic E-state index is -0.696. The highest BCUT2D eigenvalue weighted by Crippen LogP contribution is 2.42. The van der Waals surface area contributed by atoms with Crippen molar-refractivity contribution in [1.82, 2.24) is 0 Å². The molecule has 0 amide bonds. The van der Waals surface area contributed by atoms with Crippen LogP contribution < -0.4 is 0 Å². The van der Waals surface area contributed by atoms with Crippen LogP contribution in [0.15, 0.2) is 11.3 Å². The van der Waals surface area contributed by atoms with Crippen molar-refractivity contribution in [3.05, 3.63) is 11.3 Å². The molecule has 6 heteroatoms. The van der Waals surface area contributed by atoms with Gasteiger partial charge in [-0.15, -0.1) is 0 Å². The van der Waals surface area contributed by atoms with Gasteiger partial charge < -0.3 is 19.7 Å². The van der Waals surface area contributed by atoms with Crippen molar-refractivity contribution >= 4 is 11.8 Å². The van der Waals surface area contributed by atoms with Crippen LogP contribution in [0.3, 0.4) is 0 Å². The van der Waals surface area contributed by atoms with E-state index in [-0.39, 0.29) is 41.8 Å². The summed E-state index contributed by atoms with van der Waals surface area (Å²) in [6, 6.07) is 0. The SMILES string of the molecule is CCC1C(O)=C2CCC3(C)CC(C)C(O3)C(O)CC(C)C(=O)CC1OC2=O. The second kappa shape index (κ2) is 7.55. The normalized spacial score (nSPS) is 43.6. The van der Waals surface area contributed by atoms with Crippen LogP contribution in [0, 0.1) is 17.8 Å². The van der Waals surface area contributed by atoms with E-state index in [1.54, 1.807) is 6.92 Å². The number of aliphatic hydroxyl groups is 2. The molecule has 4 bridgehead atoms. The van der Waals surface area contributed by atoms with E-state index in [2.05, 4.69) is 0 Å². The van der Waals surface area contributed by atoms with Gasteiger partial charge >= 0.3 is 5.97 Å². The molecule has 0 radical (unpaired) electrons. The molecular weight excluding hydrogens is 348 g/mol. The van der Waals surface area contributed by atoms with Crippen LogP contribution >= 0.6 is 0 Å². The molecule has 0 saturated carbocycles. The highest BCUT2D eigenvalue weighted by molar-refractivity contribution is 5.91. The summed E-state index contributed by atoms with van der Waals surface area (Å²) < 4.78 is 11.8. The zero-order chi connectivity index (χ0) is 19.9. The van der Waals surface area contributed by atoms with Gasteiger partial charge in [0.1, 0.15) is 17.6 Å². The Kier molecular flexibility index (Phi) is 5.69. The lowest BCUT2D eigenvalue weighted by atomic mass is 9.84. The van der Waals surface area contributed by atoms with Crippen LogP contribution in [0.4, 0.5) is 0 Å². The Labute approximate surface area is 160 Å². The van der Waals surface area contributed by atoms with Gasteiger partial charge in [0.25, 0.3) is 0 Å². The lowest BCUT2D eigenvalue weighted by Gasteiger charge is -2.34. The molecule has 2 N–H and O–H groups in total. The standard InChI is InChI=1S/C21H32O6/c1-5-13-17-9-15(22)11(2)8-16(23)19-12(3)10-21(4,27-19)7-6-14(18(13)24)20(25)26-17/h11-13,16-17,19,23-24H,5-10H2,1-4H3. The zero-order valence-corrected chi connectivity index (χ0v) is 16.7. The second-order valence-electron chi connectivity index (χ2n) is 8.91. The summed E-state index contributed by atoms with van der Waals surface area (Å²) in [5.41, 5.74) is -0.175. The molecule has 2 saturated heterocycles. The van der Waals surface area contributed by atoms with E-state index in [0.29, 0.717) is 31.3 Å². The molecule has 0 aromatic carbocycles. The van der Waals surface area contributed by atoms with Gasteiger partial charge in [-0.3, -0.25) is 4.79 Å². The molecule has 27 heavy (non-hydrogen) atoms. The largest absolute Gasteiger partial charge is 0.511 e. The van der Waals surface area contributed by atoms with E-state index in [1.165, 1.54) is 0 Å². The third kappa shape index (κ3) is 3.92. The number of ketones is 1. The number of ether oxygens (including phenoxy) is 2. The van der Waals surface area contributed by atoms with Gasteiger partial charge in [-0.05, 0) is 44.9 Å². The maximum absolute atomic E-state index is 12.7. The molecule has 4 heterocycles. The Hall–Kier alpha value is -1.40. The Morgan fingerprint density at radius 2 is 1.96 bits per heavy atom. The second-order valence-corrected chi connectivity index (χ2v) is 8.91. The molecular formula is C21H32O6. The fraction of sp³-hybridized carbons (Fsp3) is 0.810. The van der Waals surface area contributed by atoms with E-state index in [1.807, 2.05) is 20.8 Å². The van der Waals surface area contributed by atoms with Gasteiger partial charge in [0.15, 0.2) is 0 Å². The van der Waals surface area contributed by atoms with Gasteiger partial charge in [0.2, 0.25) is 0 Å². The lowest BCUT2D eigenvalue weighted by Crippen LogP contribution is -2.40. The lowest BCUT2D eigenvalue weighted by molar-refractivity contribution is -0.153. The third-order valence-corrected chi connectivity index (χ3v) is 6.62. The fourth-order valence-electron chi connectivity index (χ4n) is 4.99. The first kappa shape index (κ1) is 20.3. The molecule has 0 spiro atoms. The van der Waals surface area contributed by atoms with Crippen LogP contribution in [0.5, 0.6) is 0 Å². The highest BCUT2D eigenvalue weighted by atomic mass is 16.5. The predicted molar refractivity (Wildman–Crippen MR) is 99.0 cm³/mol. The molecule has 0 aliphatic carbocycles. The Bertz CT molecular complexity index is 641. The quantitative estimate of drug-likeness (QED) is 0.679. The number of hydrogen-bond acceptors (Lipinski definition) is 6. The topological polar surface area (TPSA) is 93.1 Å². The molecule has 7 atom stereocenters. The number of aliphatic hydroxyl groups excluding tert-OH is 2. The molecule has 2 fully saturated rings. The first-order valence-corrected chi connectivity index (χ1v) is 10.2. The fourth-order valence-corrected chi connectivity index (χ4v) is 4.99. The van der Waals surface area contributed by atoms with Gasteiger partial charge in [-0.1, -0.05) is 20.8 Å². The Balaban J connectivity index is 1.96. The summed E-state index contributed by atoms with van der Waals surface area (Å²) in [7, 11) is 0. The van der Waals surface area contributed by atoms with E-state index in [4.69, 9.17) is 9.47 Å². The van der Waals surface area contributed by atoms with Crippen LogP contribution in [0.2, 0.25) is 0 Å². The van der Waals surface area contributed by atoms with Crippen molar-refractivity contribution in [1.29, 1.82) is 0 Å². The van der Waals surface area contributed by atoms with Crippen LogP contribution in [-0.4, -0.2) is 45.9 Å². The molecule has 152 valence electrons. The minimum absolute atomic E-state index is 0.0629. The number of Topliss-reactive ketones (excluding diaryl/α,β-unsaturated/α-hetero) is 1. The number of hydrogen-bond donors (Lipinski definition) is 2. The summed E-state index contributed by atoms with van der Waals surface area (Å²) in [6.07, 6.45) is 1.03. The molecule has 7 unspecified atom stereocenters. The average Bonchev–Trinajstić information content (AvgIpc) is 2.89. The van der Waals surface area contributed by atoms with Crippen LogP contribution in [0.25, 0.3) is 0 Å². The molecule has 4 aliphatic heterocycles. The van der Waals surface area contributed by atoms with E-state index in [9.17, 15) is 19.8 Å². The van der Waals surface area contributed by atoms with Crippen molar-refractivity contribution in [3.8, 4) is 0 Å². The van der Waals surface area contributed by atoms with Crippen LogP contribution in [-0.2, 0) is 19.1 Å². The molecule has 0 aromatic rings. The summed E-state index contributed by atoms with van der Waals surface area (Å²) in [6.45, 7) is 7.75. The van der Waals surface area contributed by atoms with Gasteiger partial charge in [-0.25, -0.2) is 4.79 Å². The predicted octanol–water partition coefficient (Wildman–Crippen LogP) is 3.07. The van der Waals surface area contributed by atoms with Crippen LogP contribution in [0.1, 0.15) is 66.2 Å². The maximum Gasteiger partial charge on any atom is 0.337 e. The number of fused-ring (bicyclic) bond motifs is 7. The third-order valence-electron chi connectivity index (χ3n) is 6.62. The smallest absolute Gasteiger partial charge is 0.337 e. The summed E-state index contributed by atoms with van der Waals surface area (Å²) in [5, 5.41) is 21.4. The zero-order valence-electron chi connectivity index (χ0n) is 16.7. The summed E-state index contributed by atoms with van der Waals surface area (Å²) in [4.78, 5) is 25.2. The highest BCUT2D eigenvalue weighted by Gasteiger charge is 2.46. The Morgan fingerprint density at radius 1 is 1.26 bits per heavy atom. The van der Waals surface area contributed by atoms with Gasteiger partial charge in [0, 0.05) is 12.3 Å². The number of esters is 1. The van der Waals surface area contributed by atoms with E-state index >= 15 is 0 Å². The van der Waals surface area contributed by atoms with Crippen molar-refractivity contribution in [2.75, 3.05) is 0 Å². The number of carbonyl (C=O) groups excluding carboxylic acids is 2. The molecule has 4 aliphatic rings. The average molecular weight is 380 g/mol. The first-order chi connectivity index (χ1) is 12.6. The number of rotatable bonds is 1.